The van der Waals surface area contributed by atoms with Crippen molar-refractivity contribution in [3.05, 3.63) is 94.5 Å². The lowest BCUT2D eigenvalue weighted by Crippen LogP contribution is -2.26. The highest BCUT2D eigenvalue weighted by atomic mass is 16.5. The molecule has 0 aliphatic carbocycles. The van der Waals surface area contributed by atoms with E-state index in [1.165, 1.54) is 0 Å². The number of hydrogen-bond donors (Lipinski definition) is 1. The highest BCUT2D eigenvalue weighted by Gasteiger charge is 2.11. The number of nitrogens with zero attached hydrogens (tertiary/aromatic N) is 3. The Hall–Kier alpha value is -3.67. The number of fused-ring (bicyclic) bond motifs is 1. The maximum Gasteiger partial charge on any atom is 0.294 e. The molecule has 0 saturated heterocycles. The number of pyridine rings is 1. The van der Waals surface area contributed by atoms with E-state index in [0.29, 0.717) is 24.4 Å². The zero-order valence-electron chi connectivity index (χ0n) is 15.5. The van der Waals surface area contributed by atoms with Crippen molar-refractivity contribution in [3.63, 3.8) is 0 Å². The number of rotatable bonds is 6. The first-order valence-electron chi connectivity index (χ1n) is 9.00. The van der Waals surface area contributed by atoms with Gasteiger partial charge in [0.2, 0.25) is 0 Å². The fraction of sp³-hybridized carbons (Fsp3) is 0.136. The summed E-state index contributed by atoms with van der Waals surface area (Å²) in [7, 11) is 1.64. The molecule has 1 N–H and O–H groups in total. The van der Waals surface area contributed by atoms with Crippen LogP contribution in [-0.4, -0.2) is 21.6 Å². The molecule has 0 bridgehead atoms. The SMILES string of the molecule is COc1ccc(CNc2nc3ccncc3n(Cc3ccccc3)c2=O)cc1. The first-order valence-corrected chi connectivity index (χ1v) is 9.00. The van der Waals surface area contributed by atoms with Crippen molar-refractivity contribution in [1.29, 1.82) is 0 Å². The number of methoxy groups -OCH3 is 1. The van der Waals surface area contributed by atoms with Crippen LogP contribution < -0.4 is 15.6 Å². The van der Waals surface area contributed by atoms with E-state index in [4.69, 9.17) is 4.74 Å². The quantitative estimate of drug-likeness (QED) is 0.561. The van der Waals surface area contributed by atoms with Crippen molar-refractivity contribution < 1.29 is 4.74 Å². The van der Waals surface area contributed by atoms with Gasteiger partial charge in [0.25, 0.3) is 5.56 Å². The predicted molar refractivity (Wildman–Crippen MR) is 110 cm³/mol. The maximum absolute atomic E-state index is 13.1. The van der Waals surface area contributed by atoms with Crippen LogP contribution in [0.25, 0.3) is 11.0 Å². The average molecular weight is 372 g/mol. The number of benzene rings is 2. The molecule has 0 aliphatic heterocycles. The van der Waals surface area contributed by atoms with Gasteiger partial charge in [-0.05, 0) is 29.3 Å². The van der Waals surface area contributed by atoms with Gasteiger partial charge in [0.05, 0.1) is 30.9 Å². The molecule has 6 nitrogen and oxygen atoms in total. The van der Waals surface area contributed by atoms with Crippen LogP contribution in [0.4, 0.5) is 5.82 Å². The Morgan fingerprint density at radius 1 is 1.00 bits per heavy atom. The third-order valence-corrected chi connectivity index (χ3v) is 4.55. The summed E-state index contributed by atoms with van der Waals surface area (Å²) in [6.07, 6.45) is 3.36. The van der Waals surface area contributed by atoms with Crippen LogP contribution in [-0.2, 0) is 13.1 Å². The molecule has 0 saturated carbocycles. The zero-order chi connectivity index (χ0) is 19.3. The molecule has 140 valence electrons. The summed E-state index contributed by atoms with van der Waals surface area (Å²) in [5, 5.41) is 3.18. The minimum atomic E-state index is -0.169. The molecule has 0 amide bonds. The fourth-order valence-corrected chi connectivity index (χ4v) is 3.05. The van der Waals surface area contributed by atoms with E-state index >= 15 is 0 Å². The Morgan fingerprint density at radius 3 is 2.54 bits per heavy atom. The summed E-state index contributed by atoms with van der Waals surface area (Å²) < 4.78 is 6.89. The van der Waals surface area contributed by atoms with E-state index in [-0.39, 0.29) is 5.56 Å². The van der Waals surface area contributed by atoms with Gasteiger partial charge in [-0.1, -0.05) is 42.5 Å². The Kier molecular flexibility index (Phi) is 5.01. The largest absolute Gasteiger partial charge is 0.497 e. The molecular formula is C22H20N4O2. The standard InChI is InChI=1S/C22H20N4O2/c1-28-18-9-7-16(8-10-18)13-24-21-22(27)26(15-17-5-3-2-4-6-17)20-14-23-12-11-19(20)25-21/h2-12,14H,13,15H2,1H3,(H,24,25). The third kappa shape index (κ3) is 3.71. The number of aromatic nitrogens is 3. The van der Waals surface area contributed by atoms with E-state index in [9.17, 15) is 4.79 Å². The van der Waals surface area contributed by atoms with E-state index in [2.05, 4.69) is 15.3 Å². The Labute approximate surface area is 162 Å². The van der Waals surface area contributed by atoms with Crippen molar-refractivity contribution in [2.75, 3.05) is 12.4 Å². The molecule has 4 rings (SSSR count). The summed E-state index contributed by atoms with van der Waals surface area (Å²) in [4.78, 5) is 21.8. The molecule has 4 aromatic rings. The molecule has 0 spiro atoms. The molecule has 0 fully saturated rings. The number of hydrogen-bond acceptors (Lipinski definition) is 5. The van der Waals surface area contributed by atoms with Crippen LogP contribution >= 0.6 is 0 Å². The molecular weight excluding hydrogens is 352 g/mol. The number of anilines is 1. The van der Waals surface area contributed by atoms with Crippen molar-refractivity contribution in [2.24, 2.45) is 0 Å². The number of ether oxygens (including phenoxy) is 1. The van der Waals surface area contributed by atoms with E-state index in [0.717, 1.165) is 22.4 Å². The van der Waals surface area contributed by atoms with Gasteiger partial charge in [-0.15, -0.1) is 0 Å². The summed E-state index contributed by atoms with van der Waals surface area (Å²) in [5.41, 5.74) is 3.35. The van der Waals surface area contributed by atoms with Gasteiger partial charge in [-0.2, -0.15) is 0 Å². The lowest BCUT2D eigenvalue weighted by Gasteiger charge is -2.13. The highest BCUT2D eigenvalue weighted by molar-refractivity contribution is 5.75. The van der Waals surface area contributed by atoms with Crippen molar-refractivity contribution in [1.82, 2.24) is 14.5 Å². The maximum atomic E-state index is 13.1. The summed E-state index contributed by atoms with van der Waals surface area (Å²) in [5.74, 6) is 1.12. The molecule has 6 heteroatoms. The smallest absolute Gasteiger partial charge is 0.294 e. The number of nitrogens with one attached hydrogen (secondary N) is 1. The van der Waals surface area contributed by atoms with E-state index in [1.807, 2.05) is 60.7 Å². The van der Waals surface area contributed by atoms with E-state index in [1.54, 1.807) is 24.1 Å². The second-order valence-corrected chi connectivity index (χ2v) is 6.40. The van der Waals surface area contributed by atoms with Crippen LogP contribution in [0.15, 0.2) is 77.9 Å². The van der Waals surface area contributed by atoms with Gasteiger partial charge < -0.3 is 10.1 Å². The summed E-state index contributed by atoms with van der Waals surface area (Å²) in [6, 6.07) is 19.4. The average Bonchev–Trinajstić information content (AvgIpc) is 2.75. The minimum Gasteiger partial charge on any atom is -0.497 e. The van der Waals surface area contributed by atoms with Gasteiger partial charge in [0.15, 0.2) is 5.82 Å². The van der Waals surface area contributed by atoms with Gasteiger partial charge in [-0.25, -0.2) is 4.98 Å². The zero-order valence-corrected chi connectivity index (χ0v) is 15.5. The minimum absolute atomic E-state index is 0.169. The normalized spacial score (nSPS) is 10.8. The van der Waals surface area contributed by atoms with Gasteiger partial charge in [-0.3, -0.25) is 14.3 Å². The Morgan fingerprint density at radius 2 is 1.79 bits per heavy atom. The summed E-state index contributed by atoms with van der Waals surface area (Å²) in [6.45, 7) is 0.954. The second kappa shape index (κ2) is 7.92. The monoisotopic (exact) mass is 372 g/mol. The van der Waals surface area contributed by atoms with Crippen molar-refractivity contribution >= 4 is 16.9 Å². The van der Waals surface area contributed by atoms with Crippen LogP contribution in [0.1, 0.15) is 11.1 Å². The highest BCUT2D eigenvalue weighted by Crippen LogP contribution is 2.15. The van der Waals surface area contributed by atoms with Crippen molar-refractivity contribution in [3.8, 4) is 5.75 Å². The fourth-order valence-electron chi connectivity index (χ4n) is 3.05. The molecule has 2 aromatic carbocycles. The van der Waals surface area contributed by atoms with Crippen LogP contribution in [0.2, 0.25) is 0 Å². The second-order valence-electron chi connectivity index (χ2n) is 6.40. The molecule has 0 radical (unpaired) electrons. The van der Waals surface area contributed by atoms with Crippen LogP contribution in [0.5, 0.6) is 5.75 Å². The Bertz CT molecular complexity index is 1140. The molecule has 2 aromatic heterocycles. The first kappa shape index (κ1) is 17.7. The van der Waals surface area contributed by atoms with Crippen molar-refractivity contribution in [2.45, 2.75) is 13.1 Å². The van der Waals surface area contributed by atoms with Crippen LogP contribution in [0.3, 0.4) is 0 Å². The lowest BCUT2D eigenvalue weighted by atomic mass is 10.2. The predicted octanol–water partition coefficient (Wildman–Crippen LogP) is 3.46. The topological polar surface area (TPSA) is 69.0 Å². The van der Waals surface area contributed by atoms with Gasteiger partial charge in [0.1, 0.15) is 5.75 Å². The van der Waals surface area contributed by atoms with Crippen LogP contribution in [0, 0.1) is 0 Å². The molecule has 28 heavy (non-hydrogen) atoms. The third-order valence-electron chi connectivity index (χ3n) is 4.55. The lowest BCUT2D eigenvalue weighted by molar-refractivity contribution is 0.414. The molecule has 2 heterocycles. The first-order chi connectivity index (χ1) is 13.7. The summed E-state index contributed by atoms with van der Waals surface area (Å²) >= 11 is 0. The van der Waals surface area contributed by atoms with Gasteiger partial charge >= 0.3 is 0 Å². The Balaban J connectivity index is 1.68. The molecule has 0 atom stereocenters. The van der Waals surface area contributed by atoms with E-state index < -0.39 is 0 Å². The molecule has 0 aliphatic rings. The molecule has 0 unspecified atom stereocenters. The van der Waals surface area contributed by atoms with Gasteiger partial charge in [0, 0.05) is 12.7 Å².